The van der Waals surface area contributed by atoms with Crippen molar-refractivity contribution in [3.63, 3.8) is 0 Å². The number of hydrogen-bond donors (Lipinski definition) is 1. The van der Waals surface area contributed by atoms with Gasteiger partial charge in [0.2, 0.25) is 5.16 Å². The standard InChI is InChI=1S/C17H13BrN4O3S/c1-9-12(4-5-24-9)16-20-21-17(22(16)19)26-8-10-6-15(23)25-14-7-11(18)2-3-13(10)14/h2-7H,8,19H2,1H3. The zero-order valence-corrected chi connectivity index (χ0v) is 16.0. The SMILES string of the molecule is Cc1occc1-c1nnc(SCc2cc(=O)oc3cc(Br)ccc23)n1N. The topological polar surface area (TPSA) is 100 Å². The lowest BCUT2D eigenvalue weighted by Gasteiger charge is -2.06. The highest BCUT2D eigenvalue weighted by Gasteiger charge is 2.16. The number of thioether (sulfide) groups is 1. The number of hydrogen-bond acceptors (Lipinski definition) is 7. The van der Waals surface area contributed by atoms with Gasteiger partial charge in [-0.25, -0.2) is 9.47 Å². The lowest BCUT2D eigenvalue weighted by Crippen LogP contribution is -2.11. The molecule has 2 N–H and O–H groups in total. The van der Waals surface area contributed by atoms with Gasteiger partial charge in [0, 0.05) is 21.7 Å². The molecular formula is C17H13BrN4O3S. The average molecular weight is 433 g/mol. The second kappa shape index (κ2) is 6.65. The first kappa shape index (κ1) is 16.9. The third-order valence-corrected chi connectivity index (χ3v) is 5.40. The van der Waals surface area contributed by atoms with E-state index in [0.717, 1.165) is 26.7 Å². The molecule has 4 rings (SSSR count). The summed E-state index contributed by atoms with van der Waals surface area (Å²) in [6.45, 7) is 1.84. The highest BCUT2D eigenvalue weighted by molar-refractivity contribution is 9.10. The maximum absolute atomic E-state index is 11.8. The Labute approximate surface area is 160 Å². The molecule has 3 aromatic heterocycles. The zero-order valence-electron chi connectivity index (χ0n) is 13.6. The van der Waals surface area contributed by atoms with Gasteiger partial charge >= 0.3 is 5.63 Å². The van der Waals surface area contributed by atoms with Crippen LogP contribution in [0, 0.1) is 6.92 Å². The first-order chi connectivity index (χ1) is 12.5. The van der Waals surface area contributed by atoms with Crippen molar-refractivity contribution in [1.82, 2.24) is 14.9 Å². The molecule has 0 aliphatic heterocycles. The van der Waals surface area contributed by atoms with Gasteiger partial charge in [-0.1, -0.05) is 27.7 Å². The second-order valence-corrected chi connectivity index (χ2v) is 7.44. The van der Waals surface area contributed by atoms with E-state index in [0.29, 0.717) is 22.3 Å². The predicted molar refractivity (Wildman–Crippen MR) is 102 cm³/mol. The van der Waals surface area contributed by atoms with Gasteiger partial charge in [-0.3, -0.25) is 0 Å². The number of nitrogens with zero attached hydrogens (tertiary/aromatic N) is 3. The van der Waals surface area contributed by atoms with E-state index < -0.39 is 5.63 Å². The number of benzene rings is 1. The molecule has 0 spiro atoms. The number of nitrogens with two attached hydrogens (primary N) is 1. The maximum atomic E-state index is 11.8. The highest BCUT2D eigenvalue weighted by Crippen LogP contribution is 2.29. The summed E-state index contributed by atoms with van der Waals surface area (Å²) in [5.41, 5.74) is 1.78. The van der Waals surface area contributed by atoms with Gasteiger partial charge in [-0.2, -0.15) is 0 Å². The molecule has 0 saturated heterocycles. The summed E-state index contributed by atoms with van der Waals surface area (Å²) in [4.78, 5) is 11.8. The van der Waals surface area contributed by atoms with Gasteiger partial charge in [-0.15, -0.1) is 10.2 Å². The Hall–Kier alpha value is -2.52. The van der Waals surface area contributed by atoms with E-state index in [2.05, 4.69) is 26.1 Å². The minimum atomic E-state index is -0.393. The molecule has 0 aliphatic rings. The first-order valence-electron chi connectivity index (χ1n) is 7.63. The van der Waals surface area contributed by atoms with Crippen molar-refractivity contribution < 1.29 is 8.83 Å². The molecule has 1 aromatic carbocycles. The fraction of sp³-hybridized carbons (Fsp3) is 0.118. The summed E-state index contributed by atoms with van der Waals surface area (Å²) in [5, 5.41) is 9.70. The minimum Gasteiger partial charge on any atom is -0.469 e. The van der Waals surface area contributed by atoms with Crippen molar-refractivity contribution >= 4 is 38.7 Å². The Morgan fingerprint density at radius 3 is 2.88 bits per heavy atom. The Morgan fingerprint density at radius 2 is 2.12 bits per heavy atom. The van der Waals surface area contributed by atoms with Gasteiger partial charge in [-0.05, 0) is 36.8 Å². The van der Waals surface area contributed by atoms with Crippen LogP contribution in [0.25, 0.3) is 22.4 Å². The van der Waals surface area contributed by atoms with Gasteiger partial charge in [0.1, 0.15) is 11.3 Å². The van der Waals surface area contributed by atoms with Crippen LogP contribution >= 0.6 is 27.7 Å². The molecule has 9 heteroatoms. The summed E-state index contributed by atoms with van der Waals surface area (Å²) in [6, 6.07) is 8.87. The van der Waals surface area contributed by atoms with E-state index in [-0.39, 0.29) is 0 Å². The number of nitrogen functional groups attached to an aromatic ring is 1. The zero-order chi connectivity index (χ0) is 18.3. The molecule has 0 unspecified atom stereocenters. The largest absolute Gasteiger partial charge is 0.469 e. The Kier molecular flexibility index (Phi) is 4.33. The maximum Gasteiger partial charge on any atom is 0.336 e. The number of aromatic nitrogens is 3. The van der Waals surface area contributed by atoms with Crippen LogP contribution in [0.15, 0.2) is 59.9 Å². The van der Waals surface area contributed by atoms with Crippen LogP contribution in [0.3, 0.4) is 0 Å². The molecule has 0 aliphatic carbocycles. The fourth-order valence-electron chi connectivity index (χ4n) is 2.64. The third-order valence-electron chi connectivity index (χ3n) is 3.91. The van der Waals surface area contributed by atoms with Crippen LogP contribution in [0.4, 0.5) is 0 Å². The number of furan rings is 1. The number of halogens is 1. The number of fused-ring (bicyclic) bond motifs is 1. The van der Waals surface area contributed by atoms with E-state index in [9.17, 15) is 4.79 Å². The molecule has 0 radical (unpaired) electrons. The highest BCUT2D eigenvalue weighted by atomic mass is 79.9. The van der Waals surface area contributed by atoms with Gasteiger partial charge in [0.25, 0.3) is 0 Å². The van der Waals surface area contributed by atoms with E-state index in [4.69, 9.17) is 14.7 Å². The van der Waals surface area contributed by atoms with Crippen molar-refractivity contribution in [2.45, 2.75) is 17.8 Å². The van der Waals surface area contributed by atoms with Crippen LogP contribution in [0.5, 0.6) is 0 Å². The molecule has 7 nitrogen and oxygen atoms in total. The second-order valence-electron chi connectivity index (χ2n) is 5.59. The van der Waals surface area contributed by atoms with Crippen LogP contribution in [-0.4, -0.2) is 14.9 Å². The lowest BCUT2D eigenvalue weighted by atomic mass is 10.1. The average Bonchev–Trinajstić information content (AvgIpc) is 3.17. The molecule has 0 atom stereocenters. The van der Waals surface area contributed by atoms with Crippen molar-refractivity contribution in [3.8, 4) is 11.4 Å². The van der Waals surface area contributed by atoms with Crippen molar-refractivity contribution in [2.75, 3.05) is 5.84 Å². The molecule has 132 valence electrons. The molecule has 4 aromatic rings. The monoisotopic (exact) mass is 432 g/mol. The van der Waals surface area contributed by atoms with Crippen LogP contribution in [0.1, 0.15) is 11.3 Å². The summed E-state index contributed by atoms with van der Waals surface area (Å²) in [6.07, 6.45) is 1.58. The van der Waals surface area contributed by atoms with Crippen LogP contribution < -0.4 is 11.5 Å². The van der Waals surface area contributed by atoms with E-state index >= 15 is 0 Å². The molecular weight excluding hydrogens is 420 g/mol. The summed E-state index contributed by atoms with van der Waals surface area (Å²) in [7, 11) is 0. The van der Waals surface area contributed by atoms with E-state index in [1.165, 1.54) is 22.5 Å². The summed E-state index contributed by atoms with van der Waals surface area (Å²) in [5.74, 6) is 7.88. The van der Waals surface area contributed by atoms with Gasteiger partial charge < -0.3 is 14.7 Å². The molecule has 3 heterocycles. The molecule has 0 fully saturated rings. The third kappa shape index (κ3) is 3.04. The number of aryl methyl sites for hydroxylation is 1. The Morgan fingerprint density at radius 1 is 1.27 bits per heavy atom. The van der Waals surface area contributed by atoms with Gasteiger partial charge in [0.15, 0.2) is 5.82 Å². The Balaban J connectivity index is 1.65. The van der Waals surface area contributed by atoms with E-state index in [1.807, 2.05) is 19.1 Å². The quantitative estimate of drug-likeness (QED) is 0.297. The first-order valence-corrected chi connectivity index (χ1v) is 9.41. The summed E-state index contributed by atoms with van der Waals surface area (Å²) >= 11 is 4.77. The predicted octanol–water partition coefficient (Wildman–Crippen LogP) is 3.72. The minimum absolute atomic E-state index is 0.393. The normalized spacial score (nSPS) is 11.3. The van der Waals surface area contributed by atoms with E-state index in [1.54, 1.807) is 18.4 Å². The molecule has 0 bridgehead atoms. The lowest BCUT2D eigenvalue weighted by molar-refractivity contribution is 0.535. The van der Waals surface area contributed by atoms with Crippen molar-refractivity contribution in [3.05, 3.63) is 62.8 Å². The molecule has 26 heavy (non-hydrogen) atoms. The van der Waals surface area contributed by atoms with Crippen LogP contribution in [-0.2, 0) is 5.75 Å². The molecule has 0 saturated carbocycles. The number of rotatable bonds is 4. The van der Waals surface area contributed by atoms with Crippen LogP contribution in [0.2, 0.25) is 0 Å². The smallest absolute Gasteiger partial charge is 0.336 e. The van der Waals surface area contributed by atoms with Crippen molar-refractivity contribution in [1.29, 1.82) is 0 Å². The fourth-order valence-corrected chi connectivity index (χ4v) is 3.83. The van der Waals surface area contributed by atoms with Crippen molar-refractivity contribution in [2.24, 2.45) is 0 Å². The Bertz CT molecular complexity index is 1160. The van der Waals surface area contributed by atoms with Gasteiger partial charge in [0.05, 0.1) is 11.8 Å². The molecule has 0 amide bonds. The summed E-state index contributed by atoms with van der Waals surface area (Å²) < 4.78 is 12.8.